The number of carbonyl (C=O) groups excluding carboxylic acids is 1. The van der Waals surface area contributed by atoms with Crippen molar-refractivity contribution in [2.24, 2.45) is 0 Å². The molecule has 0 aliphatic rings. The second-order valence-electron chi connectivity index (χ2n) is 4.97. The predicted octanol–water partition coefficient (Wildman–Crippen LogP) is 0.667. The number of aromatic hydroxyl groups is 1. The van der Waals surface area contributed by atoms with Crippen LogP contribution in [0, 0.1) is 0 Å². The summed E-state index contributed by atoms with van der Waals surface area (Å²) in [7, 11) is 0. The van der Waals surface area contributed by atoms with E-state index in [4.69, 9.17) is 5.11 Å². The maximum absolute atomic E-state index is 11.6. The minimum Gasteiger partial charge on any atom is -0.508 e. The van der Waals surface area contributed by atoms with Crippen molar-refractivity contribution < 1.29 is 24.9 Å². The summed E-state index contributed by atoms with van der Waals surface area (Å²) in [6, 6.07) is 6.74. The molecule has 6 heteroatoms. The van der Waals surface area contributed by atoms with E-state index >= 15 is 0 Å². The molecule has 0 saturated heterocycles. The van der Waals surface area contributed by atoms with Crippen molar-refractivity contribution in [2.45, 2.75) is 31.8 Å². The van der Waals surface area contributed by atoms with E-state index in [-0.39, 0.29) is 24.6 Å². The first kappa shape index (κ1) is 16.0. The van der Waals surface area contributed by atoms with Gasteiger partial charge in [-0.25, -0.2) is 0 Å². The molecule has 1 amide bonds. The number of phenols is 1. The van der Waals surface area contributed by atoms with Gasteiger partial charge in [-0.15, -0.1) is 0 Å². The fourth-order valence-corrected chi connectivity index (χ4v) is 1.74. The highest BCUT2D eigenvalue weighted by Crippen LogP contribution is 2.17. The average Bonchev–Trinajstić information content (AvgIpc) is 2.34. The Bertz CT molecular complexity index is 484. The summed E-state index contributed by atoms with van der Waals surface area (Å²) < 4.78 is 0. The van der Waals surface area contributed by atoms with Gasteiger partial charge in [-0.05, 0) is 25.0 Å². The molecule has 1 aromatic rings. The predicted molar refractivity (Wildman–Crippen MR) is 72.3 cm³/mol. The van der Waals surface area contributed by atoms with Crippen LogP contribution in [-0.4, -0.2) is 39.3 Å². The molecular formula is C14H19NO5. The first-order valence-electron chi connectivity index (χ1n) is 6.28. The SMILES string of the molecule is CC(O)(CNC(=O)CCc1ccccc1O)CC(=O)O. The normalized spacial score (nSPS) is 13.5. The van der Waals surface area contributed by atoms with Crippen LogP contribution in [-0.2, 0) is 16.0 Å². The van der Waals surface area contributed by atoms with E-state index in [0.717, 1.165) is 0 Å². The molecule has 0 spiro atoms. The Kier molecular flexibility index (Phi) is 5.52. The van der Waals surface area contributed by atoms with Crippen LogP contribution in [0.25, 0.3) is 0 Å². The smallest absolute Gasteiger partial charge is 0.306 e. The number of para-hydroxylation sites is 1. The van der Waals surface area contributed by atoms with Crippen LogP contribution < -0.4 is 5.32 Å². The molecule has 20 heavy (non-hydrogen) atoms. The molecule has 0 aliphatic carbocycles. The summed E-state index contributed by atoms with van der Waals surface area (Å²) in [5, 5.41) is 30.4. The minimum absolute atomic E-state index is 0.126. The number of carboxylic acids is 1. The highest BCUT2D eigenvalue weighted by Gasteiger charge is 2.24. The topological polar surface area (TPSA) is 107 Å². The van der Waals surface area contributed by atoms with Crippen LogP contribution >= 0.6 is 0 Å². The molecule has 0 heterocycles. The van der Waals surface area contributed by atoms with Gasteiger partial charge in [0.25, 0.3) is 0 Å². The zero-order valence-electron chi connectivity index (χ0n) is 11.3. The Hall–Kier alpha value is -2.08. The summed E-state index contributed by atoms with van der Waals surface area (Å²) in [5.74, 6) is -1.30. The molecule has 1 aromatic carbocycles. The van der Waals surface area contributed by atoms with Gasteiger partial charge in [0.05, 0.1) is 12.0 Å². The second-order valence-corrected chi connectivity index (χ2v) is 4.97. The van der Waals surface area contributed by atoms with E-state index in [1.165, 1.54) is 6.92 Å². The number of aliphatic carboxylic acids is 1. The molecule has 1 rings (SSSR count). The molecular weight excluding hydrogens is 262 g/mol. The number of nitrogens with one attached hydrogen (secondary N) is 1. The van der Waals surface area contributed by atoms with E-state index in [1.807, 2.05) is 0 Å². The van der Waals surface area contributed by atoms with Crippen LogP contribution in [0.4, 0.5) is 0 Å². The van der Waals surface area contributed by atoms with Crippen molar-refractivity contribution in [3.05, 3.63) is 29.8 Å². The number of benzene rings is 1. The highest BCUT2D eigenvalue weighted by atomic mass is 16.4. The van der Waals surface area contributed by atoms with Crippen molar-refractivity contribution in [3.8, 4) is 5.75 Å². The summed E-state index contributed by atoms with van der Waals surface area (Å²) in [6.07, 6.45) is 0.0903. The van der Waals surface area contributed by atoms with Crippen molar-refractivity contribution in [2.75, 3.05) is 6.54 Å². The first-order chi connectivity index (χ1) is 9.30. The number of hydrogen-bond acceptors (Lipinski definition) is 4. The van der Waals surface area contributed by atoms with E-state index in [0.29, 0.717) is 12.0 Å². The molecule has 1 unspecified atom stereocenters. The van der Waals surface area contributed by atoms with Gasteiger partial charge >= 0.3 is 5.97 Å². The maximum atomic E-state index is 11.6. The molecule has 0 aromatic heterocycles. The van der Waals surface area contributed by atoms with Crippen LogP contribution in [0.1, 0.15) is 25.3 Å². The Labute approximate surface area is 117 Å². The van der Waals surface area contributed by atoms with Gasteiger partial charge in [-0.1, -0.05) is 18.2 Å². The highest BCUT2D eigenvalue weighted by molar-refractivity contribution is 5.76. The van der Waals surface area contributed by atoms with Gasteiger partial charge in [0, 0.05) is 13.0 Å². The number of aryl methyl sites for hydroxylation is 1. The van der Waals surface area contributed by atoms with Crippen molar-refractivity contribution in [3.63, 3.8) is 0 Å². The third-order valence-electron chi connectivity index (χ3n) is 2.81. The first-order valence-corrected chi connectivity index (χ1v) is 6.28. The van der Waals surface area contributed by atoms with Crippen molar-refractivity contribution in [1.82, 2.24) is 5.32 Å². The van der Waals surface area contributed by atoms with Gasteiger partial charge in [-0.2, -0.15) is 0 Å². The van der Waals surface area contributed by atoms with Crippen LogP contribution in [0.3, 0.4) is 0 Å². The lowest BCUT2D eigenvalue weighted by atomic mass is 10.0. The monoisotopic (exact) mass is 281 g/mol. The van der Waals surface area contributed by atoms with E-state index in [2.05, 4.69) is 5.32 Å². The zero-order chi connectivity index (χ0) is 15.2. The van der Waals surface area contributed by atoms with Crippen molar-refractivity contribution >= 4 is 11.9 Å². The lowest BCUT2D eigenvalue weighted by Gasteiger charge is -2.21. The molecule has 1 atom stereocenters. The van der Waals surface area contributed by atoms with Gasteiger partial charge < -0.3 is 20.6 Å². The Morgan fingerprint density at radius 3 is 2.55 bits per heavy atom. The summed E-state index contributed by atoms with van der Waals surface area (Å²) >= 11 is 0. The molecule has 0 aliphatic heterocycles. The largest absolute Gasteiger partial charge is 0.508 e. The van der Waals surface area contributed by atoms with Crippen LogP contribution in [0.2, 0.25) is 0 Å². The third kappa shape index (κ3) is 5.71. The fourth-order valence-electron chi connectivity index (χ4n) is 1.74. The number of aliphatic hydroxyl groups is 1. The van der Waals surface area contributed by atoms with Gasteiger partial charge in [0.1, 0.15) is 5.75 Å². The molecule has 6 nitrogen and oxygen atoms in total. The van der Waals surface area contributed by atoms with E-state index < -0.39 is 18.0 Å². The Balaban J connectivity index is 2.38. The quantitative estimate of drug-likeness (QED) is 0.587. The number of rotatable bonds is 7. The van der Waals surface area contributed by atoms with Gasteiger partial charge in [0.2, 0.25) is 5.91 Å². The Morgan fingerprint density at radius 2 is 1.95 bits per heavy atom. The molecule has 110 valence electrons. The summed E-state index contributed by atoms with van der Waals surface area (Å²) in [6.45, 7) is 1.23. The molecule has 0 bridgehead atoms. The van der Waals surface area contributed by atoms with Gasteiger partial charge in [-0.3, -0.25) is 9.59 Å². The molecule has 0 saturated carbocycles. The third-order valence-corrected chi connectivity index (χ3v) is 2.81. The van der Waals surface area contributed by atoms with E-state index in [9.17, 15) is 19.8 Å². The minimum atomic E-state index is -1.48. The molecule has 0 fully saturated rings. The average molecular weight is 281 g/mol. The number of carboxylic acid groups (broad SMARTS) is 1. The van der Waals surface area contributed by atoms with Crippen molar-refractivity contribution in [1.29, 1.82) is 0 Å². The lowest BCUT2D eigenvalue weighted by molar-refractivity contribution is -0.142. The van der Waals surface area contributed by atoms with E-state index in [1.54, 1.807) is 24.3 Å². The number of hydrogen-bond donors (Lipinski definition) is 4. The lowest BCUT2D eigenvalue weighted by Crippen LogP contribution is -2.42. The number of phenolic OH excluding ortho intramolecular Hbond substituents is 1. The summed E-state index contributed by atoms with van der Waals surface area (Å²) in [5.41, 5.74) is -0.809. The van der Waals surface area contributed by atoms with Crippen LogP contribution in [0.15, 0.2) is 24.3 Å². The number of carbonyl (C=O) groups is 2. The summed E-state index contributed by atoms with van der Waals surface area (Å²) in [4.78, 5) is 22.1. The molecule has 0 radical (unpaired) electrons. The van der Waals surface area contributed by atoms with Crippen LogP contribution in [0.5, 0.6) is 5.75 Å². The zero-order valence-corrected chi connectivity index (χ0v) is 11.3. The Morgan fingerprint density at radius 1 is 1.30 bits per heavy atom. The van der Waals surface area contributed by atoms with Gasteiger partial charge in [0.15, 0.2) is 0 Å². The maximum Gasteiger partial charge on any atom is 0.306 e. The standard InChI is InChI=1S/C14H19NO5/c1-14(20,8-13(18)19)9-15-12(17)7-6-10-4-2-3-5-11(10)16/h2-5,16,20H,6-9H2,1H3,(H,15,17)(H,18,19). The number of amides is 1. The molecule has 4 N–H and O–H groups in total. The fraction of sp³-hybridized carbons (Fsp3) is 0.429. The second kappa shape index (κ2) is 6.91.